The highest BCUT2D eigenvalue weighted by molar-refractivity contribution is 5.81. The molecule has 1 fully saturated rings. The predicted molar refractivity (Wildman–Crippen MR) is 153 cm³/mol. The Morgan fingerprint density at radius 1 is 1.07 bits per heavy atom. The van der Waals surface area contributed by atoms with E-state index in [4.69, 9.17) is 14.2 Å². The summed E-state index contributed by atoms with van der Waals surface area (Å²) in [6.45, 7) is 10.5. The highest BCUT2D eigenvalue weighted by Crippen LogP contribution is 2.66. The number of methoxy groups -OCH3 is 1. The Bertz CT molecular complexity index is 1420. The van der Waals surface area contributed by atoms with Gasteiger partial charge in [-0.15, -0.1) is 0 Å². The van der Waals surface area contributed by atoms with Gasteiger partial charge in [0.2, 0.25) is 0 Å². The molecule has 1 spiro atoms. The number of hydrogen-bond donors (Lipinski definition) is 1. The molecule has 4 unspecified atom stereocenters. The largest absolute Gasteiger partial charge is 0.497 e. The number of aryl methyl sites for hydroxylation is 1. The van der Waals surface area contributed by atoms with Gasteiger partial charge in [0.25, 0.3) is 0 Å². The lowest BCUT2D eigenvalue weighted by atomic mass is 9.81. The number of hydrogen-bond acceptors (Lipinski definition) is 5. The van der Waals surface area contributed by atoms with Crippen LogP contribution in [-0.2, 0) is 28.0 Å². The summed E-state index contributed by atoms with van der Waals surface area (Å²) in [5, 5.41) is 11.3. The van der Waals surface area contributed by atoms with Crippen LogP contribution in [-0.4, -0.2) is 24.8 Å². The number of ether oxygens (including phenoxy) is 3. The van der Waals surface area contributed by atoms with E-state index in [-0.39, 0.29) is 35.6 Å². The quantitative estimate of drug-likeness (QED) is 0.304. The first-order valence-corrected chi connectivity index (χ1v) is 14.1. The summed E-state index contributed by atoms with van der Waals surface area (Å²) < 4.78 is 31.9. The van der Waals surface area contributed by atoms with E-state index in [9.17, 15) is 14.3 Å². The van der Waals surface area contributed by atoms with Crippen LogP contribution in [0.4, 0.5) is 4.39 Å². The fourth-order valence-electron chi connectivity index (χ4n) is 6.49. The molecule has 0 saturated heterocycles. The van der Waals surface area contributed by atoms with Crippen molar-refractivity contribution in [1.29, 1.82) is 0 Å². The van der Waals surface area contributed by atoms with Crippen molar-refractivity contribution in [2.75, 3.05) is 13.7 Å². The molecule has 4 atom stereocenters. The van der Waals surface area contributed by atoms with Crippen LogP contribution in [0.1, 0.15) is 69.4 Å². The van der Waals surface area contributed by atoms with Crippen LogP contribution < -0.4 is 9.47 Å². The fraction of sp³-hybridized carbons (Fsp3) is 0.441. The van der Waals surface area contributed by atoms with Crippen molar-refractivity contribution in [3.8, 4) is 22.6 Å². The zero-order chi connectivity index (χ0) is 28.8. The molecular weight excluding hydrogens is 507 g/mol. The summed E-state index contributed by atoms with van der Waals surface area (Å²) >= 11 is 0. The Morgan fingerprint density at radius 2 is 1.82 bits per heavy atom. The van der Waals surface area contributed by atoms with E-state index < -0.39 is 11.5 Å². The van der Waals surface area contributed by atoms with Crippen molar-refractivity contribution in [2.45, 2.75) is 65.6 Å². The number of aliphatic hydroxyl groups excluding tert-OH is 1. The minimum atomic E-state index is -0.830. The van der Waals surface area contributed by atoms with Crippen molar-refractivity contribution < 1.29 is 28.5 Å². The first-order chi connectivity index (χ1) is 19.0. The molecule has 5 nitrogen and oxygen atoms in total. The monoisotopic (exact) mass is 546 g/mol. The number of halogens is 1. The average Bonchev–Trinajstić information content (AvgIpc) is 3.35. The maximum atomic E-state index is 14.9. The van der Waals surface area contributed by atoms with E-state index in [1.54, 1.807) is 19.2 Å². The topological polar surface area (TPSA) is 65.0 Å². The van der Waals surface area contributed by atoms with Crippen LogP contribution in [0.2, 0.25) is 0 Å². The van der Waals surface area contributed by atoms with Crippen molar-refractivity contribution in [2.24, 2.45) is 17.3 Å². The number of aliphatic hydroxyl groups is 1. The Hall–Kier alpha value is -3.38. The minimum Gasteiger partial charge on any atom is -0.497 e. The van der Waals surface area contributed by atoms with Crippen LogP contribution in [0.3, 0.4) is 0 Å². The number of fused-ring (bicyclic) bond motifs is 2. The Labute approximate surface area is 236 Å². The molecule has 0 heterocycles. The molecule has 0 aromatic heterocycles. The first-order valence-electron chi connectivity index (χ1n) is 14.1. The highest BCUT2D eigenvalue weighted by Gasteiger charge is 2.68. The minimum absolute atomic E-state index is 0.102. The van der Waals surface area contributed by atoms with E-state index >= 15 is 0 Å². The molecule has 0 bridgehead atoms. The number of carbonyl (C=O) groups is 1. The maximum Gasteiger partial charge on any atom is 0.310 e. The Morgan fingerprint density at radius 3 is 2.52 bits per heavy atom. The van der Waals surface area contributed by atoms with Crippen LogP contribution in [0, 0.1) is 23.1 Å². The van der Waals surface area contributed by atoms with Crippen LogP contribution in [0.5, 0.6) is 11.5 Å². The number of benzene rings is 3. The lowest BCUT2D eigenvalue weighted by Crippen LogP contribution is -2.19. The van der Waals surface area contributed by atoms with Gasteiger partial charge in [0.15, 0.2) is 0 Å². The van der Waals surface area contributed by atoms with Gasteiger partial charge in [0.05, 0.1) is 25.7 Å². The molecule has 1 saturated carbocycles. The summed E-state index contributed by atoms with van der Waals surface area (Å²) in [6, 6.07) is 16.4. The summed E-state index contributed by atoms with van der Waals surface area (Å²) in [7, 11) is 1.55. The van der Waals surface area contributed by atoms with Gasteiger partial charge >= 0.3 is 5.97 Å². The van der Waals surface area contributed by atoms with E-state index in [0.717, 1.165) is 24.2 Å². The Kier molecular flexibility index (Phi) is 7.43. The maximum absolute atomic E-state index is 14.9. The highest BCUT2D eigenvalue weighted by atomic mass is 19.1. The van der Waals surface area contributed by atoms with E-state index in [1.807, 2.05) is 52.0 Å². The van der Waals surface area contributed by atoms with Crippen LogP contribution >= 0.6 is 0 Å². The third kappa shape index (κ3) is 4.87. The zero-order valence-corrected chi connectivity index (χ0v) is 24.2. The molecule has 0 aliphatic heterocycles. The van der Waals surface area contributed by atoms with Gasteiger partial charge < -0.3 is 19.3 Å². The molecule has 40 heavy (non-hydrogen) atoms. The molecule has 1 N–H and O–H groups in total. The van der Waals surface area contributed by atoms with Crippen molar-refractivity contribution in [3.05, 3.63) is 82.7 Å². The molecule has 0 amide bonds. The summed E-state index contributed by atoms with van der Waals surface area (Å²) in [4.78, 5) is 12.6. The van der Waals surface area contributed by atoms with E-state index in [0.29, 0.717) is 29.0 Å². The Balaban J connectivity index is 1.42. The van der Waals surface area contributed by atoms with Gasteiger partial charge in [-0.1, -0.05) is 45.9 Å². The average molecular weight is 547 g/mol. The second kappa shape index (κ2) is 10.5. The molecule has 2 aliphatic carbocycles. The van der Waals surface area contributed by atoms with E-state index in [2.05, 4.69) is 19.1 Å². The van der Waals surface area contributed by atoms with Crippen molar-refractivity contribution in [1.82, 2.24) is 0 Å². The second-order valence-corrected chi connectivity index (χ2v) is 12.2. The number of carbonyl (C=O) groups excluding carboxylic acids is 1. The lowest BCUT2D eigenvalue weighted by molar-refractivity contribution is -0.145. The van der Waals surface area contributed by atoms with Gasteiger partial charge in [0.1, 0.15) is 23.9 Å². The van der Waals surface area contributed by atoms with Gasteiger partial charge in [-0.3, -0.25) is 4.79 Å². The summed E-state index contributed by atoms with van der Waals surface area (Å²) in [6.07, 6.45) is 1.07. The molecule has 3 aromatic carbocycles. The van der Waals surface area contributed by atoms with Gasteiger partial charge in [-0.25, -0.2) is 4.39 Å². The van der Waals surface area contributed by atoms with Gasteiger partial charge in [-0.2, -0.15) is 0 Å². The third-order valence-corrected chi connectivity index (χ3v) is 8.79. The molecule has 0 radical (unpaired) electrons. The molecule has 5 rings (SSSR count). The second-order valence-electron chi connectivity index (χ2n) is 12.2. The standard InChI is InChI=1S/C34H39FO5/c1-7-39-32(37)30-20(2)34(30)15-14-22-9-10-24(18-28(22)34)40-19-21-8-12-25(27(16-21)31(36)33(3,4)5)26-17-23(38-6)11-13-29(26)35/h8-13,16-18,20,30-31,36H,7,14-15,19H2,1-6H3. The van der Waals surface area contributed by atoms with E-state index in [1.165, 1.54) is 17.2 Å². The van der Waals surface area contributed by atoms with Gasteiger partial charge in [0, 0.05) is 11.0 Å². The first kappa shape index (κ1) is 28.2. The summed E-state index contributed by atoms with van der Waals surface area (Å²) in [5.74, 6) is 0.942. The van der Waals surface area contributed by atoms with Crippen LogP contribution in [0.15, 0.2) is 54.6 Å². The normalized spacial score (nSPS) is 22.1. The SMILES string of the molecule is CCOC(=O)C1C(C)C12CCc1ccc(OCc3ccc(-c4cc(OC)ccc4F)c(C(O)C(C)(C)C)c3)cc12. The molecule has 212 valence electrons. The van der Waals surface area contributed by atoms with Crippen molar-refractivity contribution >= 4 is 5.97 Å². The third-order valence-electron chi connectivity index (χ3n) is 8.79. The summed E-state index contributed by atoms with van der Waals surface area (Å²) in [5.41, 5.74) is 4.34. The fourth-order valence-corrected chi connectivity index (χ4v) is 6.49. The lowest BCUT2D eigenvalue weighted by Gasteiger charge is -2.28. The molecule has 3 aromatic rings. The zero-order valence-electron chi connectivity index (χ0n) is 24.2. The van der Waals surface area contributed by atoms with Crippen molar-refractivity contribution in [3.63, 3.8) is 0 Å². The van der Waals surface area contributed by atoms with Gasteiger partial charge in [-0.05, 0) is 95.3 Å². The molecular formula is C34H39FO5. The predicted octanol–water partition coefficient (Wildman–Crippen LogP) is 7.17. The van der Waals surface area contributed by atoms with Crippen LogP contribution in [0.25, 0.3) is 11.1 Å². The molecule has 6 heteroatoms. The smallest absolute Gasteiger partial charge is 0.310 e. The number of esters is 1. The molecule has 2 aliphatic rings. The number of rotatable bonds is 8.